The minimum atomic E-state index is 0.183. The zero-order chi connectivity index (χ0) is 14.6. The average molecular weight is 277 g/mol. The molecule has 20 heavy (non-hydrogen) atoms. The highest BCUT2D eigenvalue weighted by molar-refractivity contribution is 5.45. The van der Waals surface area contributed by atoms with Crippen molar-refractivity contribution in [2.75, 3.05) is 20.8 Å². The largest absolute Gasteiger partial charge is 0.493 e. The van der Waals surface area contributed by atoms with Crippen molar-refractivity contribution in [1.29, 1.82) is 0 Å². The fraction of sp³-hybridized carbons (Fsp3) is 0.647. The van der Waals surface area contributed by atoms with E-state index in [1.807, 2.05) is 6.07 Å². The lowest BCUT2D eigenvalue weighted by atomic mass is 9.75. The number of benzene rings is 1. The summed E-state index contributed by atoms with van der Waals surface area (Å²) in [7, 11) is 3.38. The van der Waals surface area contributed by atoms with Crippen LogP contribution in [0.4, 0.5) is 0 Å². The van der Waals surface area contributed by atoms with E-state index in [0.717, 1.165) is 36.9 Å². The van der Waals surface area contributed by atoms with Crippen molar-refractivity contribution in [3.8, 4) is 11.5 Å². The summed E-state index contributed by atoms with van der Waals surface area (Å²) in [6, 6.07) is 7.09. The molecule has 1 fully saturated rings. The molecule has 0 saturated heterocycles. The monoisotopic (exact) mass is 277 g/mol. The Morgan fingerprint density at radius 1 is 1.10 bits per heavy atom. The van der Waals surface area contributed by atoms with Crippen LogP contribution in [0.5, 0.6) is 11.5 Å². The van der Waals surface area contributed by atoms with Crippen LogP contribution in [0.1, 0.15) is 45.1 Å². The first-order valence-electron chi connectivity index (χ1n) is 7.65. The first-order chi connectivity index (χ1) is 9.69. The summed E-state index contributed by atoms with van der Waals surface area (Å²) in [6.45, 7) is 5.59. The van der Waals surface area contributed by atoms with E-state index in [1.165, 1.54) is 18.4 Å². The molecule has 0 amide bonds. The summed E-state index contributed by atoms with van der Waals surface area (Å²) < 4.78 is 10.8. The molecule has 0 radical (unpaired) electrons. The summed E-state index contributed by atoms with van der Waals surface area (Å²) in [5, 5.41) is 3.69. The lowest BCUT2D eigenvalue weighted by Gasteiger charge is -2.33. The molecule has 2 rings (SSSR count). The molecule has 1 aromatic rings. The first kappa shape index (κ1) is 15.2. The Labute approximate surface area is 122 Å². The van der Waals surface area contributed by atoms with Gasteiger partial charge in [-0.25, -0.2) is 0 Å². The second-order valence-electron chi connectivity index (χ2n) is 5.71. The second kappa shape index (κ2) is 6.49. The van der Waals surface area contributed by atoms with Gasteiger partial charge in [0, 0.05) is 18.0 Å². The maximum absolute atomic E-state index is 5.45. The molecule has 0 bridgehead atoms. The van der Waals surface area contributed by atoms with E-state index in [4.69, 9.17) is 9.47 Å². The van der Waals surface area contributed by atoms with Crippen molar-refractivity contribution in [2.24, 2.45) is 0 Å². The maximum Gasteiger partial charge on any atom is 0.161 e. The lowest BCUT2D eigenvalue weighted by Crippen LogP contribution is -2.38. The summed E-state index contributed by atoms with van der Waals surface area (Å²) in [5.41, 5.74) is 1.52. The van der Waals surface area contributed by atoms with Gasteiger partial charge < -0.3 is 14.8 Å². The predicted octanol–water partition coefficient (Wildman–Crippen LogP) is 3.51. The highest BCUT2D eigenvalue weighted by Crippen LogP contribution is 2.37. The number of ether oxygens (including phenoxy) is 2. The number of hydrogen-bond acceptors (Lipinski definition) is 3. The fourth-order valence-corrected chi connectivity index (χ4v) is 2.80. The number of methoxy groups -OCH3 is 2. The van der Waals surface area contributed by atoms with Crippen molar-refractivity contribution in [3.05, 3.63) is 23.8 Å². The summed E-state index contributed by atoms with van der Waals surface area (Å²) in [4.78, 5) is 0. The molecule has 0 spiro atoms. The molecule has 0 aromatic heterocycles. The van der Waals surface area contributed by atoms with Gasteiger partial charge in [0.25, 0.3) is 0 Å². The van der Waals surface area contributed by atoms with Gasteiger partial charge in [-0.05, 0) is 43.4 Å². The van der Waals surface area contributed by atoms with Gasteiger partial charge >= 0.3 is 0 Å². The van der Waals surface area contributed by atoms with Crippen LogP contribution < -0.4 is 14.8 Å². The van der Waals surface area contributed by atoms with Crippen LogP contribution >= 0.6 is 0 Å². The molecule has 1 aliphatic carbocycles. The zero-order valence-electron chi connectivity index (χ0n) is 13.2. The minimum Gasteiger partial charge on any atom is -0.493 e. The third-order valence-corrected chi connectivity index (χ3v) is 4.66. The molecule has 112 valence electrons. The maximum atomic E-state index is 5.45. The zero-order valence-corrected chi connectivity index (χ0v) is 13.2. The average Bonchev–Trinajstić information content (AvgIpc) is 3.32. The molecular weight excluding hydrogens is 250 g/mol. The molecule has 0 atom stereocenters. The van der Waals surface area contributed by atoms with Gasteiger partial charge in [-0.15, -0.1) is 0 Å². The van der Waals surface area contributed by atoms with Crippen LogP contribution in [0.25, 0.3) is 0 Å². The Morgan fingerprint density at radius 2 is 1.75 bits per heavy atom. The Morgan fingerprint density at radius 3 is 2.25 bits per heavy atom. The van der Waals surface area contributed by atoms with Gasteiger partial charge in [-0.2, -0.15) is 0 Å². The van der Waals surface area contributed by atoms with Crippen LogP contribution in [0.15, 0.2) is 18.2 Å². The van der Waals surface area contributed by atoms with Crippen LogP contribution in [0, 0.1) is 0 Å². The topological polar surface area (TPSA) is 30.5 Å². The first-order valence-corrected chi connectivity index (χ1v) is 7.65. The molecule has 3 heteroatoms. The van der Waals surface area contributed by atoms with Gasteiger partial charge in [0.05, 0.1) is 14.2 Å². The van der Waals surface area contributed by atoms with Crippen LogP contribution in [-0.4, -0.2) is 26.8 Å². The molecular formula is C17H27NO2. The normalized spacial score (nSPS) is 15.2. The smallest absolute Gasteiger partial charge is 0.161 e. The molecule has 0 unspecified atom stereocenters. The van der Waals surface area contributed by atoms with Gasteiger partial charge in [0.15, 0.2) is 11.5 Å². The van der Waals surface area contributed by atoms with Crippen LogP contribution in [-0.2, 0) is 5.41 Å². The minimum absolute atomic E-state index is 0.183. The SMILES string of the molecule is CCC(CC)(CNC1CC1)c1ccc(OC)c(OC)c1. The van der Waals surface area contributed by atoms with Crippen molar-refractivity contribution in [3.63, 3.8) is 0 Å². The molecule has 3 nitrogen and oxygen atoms in total. The van der Waals surface area contributed by atoms with Crippen molar-refractivity contribution in [1.82, 2.24) is 5.32 Å². The fourth-order valence-electron chi connectivity index (χ4n) is 2.80. The van der Waals surface area contributed by atoms with Gasteiger partial charge in [-0.3, -0.25) is 0 Å². The van der Waals surface area contributed by atoms with Gasteiger partial charge in [0.2, 0.25) is 0 Å². The van der Waals surface area contributed by atoms with Crippen LogP contribution in [0.3, 0.4) is 0 Å². The van der Waals surface area contributed by atoms with E-state index in [-0.39, 0.29) is 5.41 Å². The third-order valence-electron chi connectivity index (χ3n) is 4.66. The third kappa shape index (κ3) is 3.09. The van der Waals surface area contributed by atoms with E-state index in [9.17, 15) is 0 Å². The summed E-state index contributed by atoms with van der Waals surface area (Å²) >= 11 is 0. The van der Waals surface area contributed by atoms with Gasteiger partial charge in [0.1, 0.15) is 0 Å². The Bertz CT molecular complexity index is 437. The van der Waals surface area contributed by atoms with Crippen molar-refractivity contribution >= 4 is 0 Å². The Hall–Kier alpha value is -1.22. The highest BCUT2D eigenvalue weighted by atomic mass is 16.5. The molecule has 1 aromatic carbocycles. The molecule has 1 aliphatic rings. The number of rotatable bonds is 8. The highest BCUT2D eigenvalue weighted by Gasteiger charge is 2.32. The molecule has 1 saturated carbocycles. The van der Waals surface area contributed by atoms with E-state index in [2.05, 4.69) is 31.3 Å². The lowest BCUT2D eigenvalue weighted by molar-refractivity contribution is 0.344. The van der Waals surface area contributed by atoms with Gasteiger partial charge in [-0.1, -0.05) is 19.9 Å². The van der Waals surface area contributed by atoms with E-state index in [0.29, 0.717) is 0 Å². The van der Waals surface area contributed by atoms with E-state index >= 15 is 0 Å². The van der Waals surface area contributed by atoms with E-state index in [1.54, 1.807) is 14.2 Å². The summed E-state index contributed by atoms with van der Waals surface area (Å²) in [5.74, 6) is 1.62. The Kier molecular flexibility index (Phi) is 4.92. The van der Waals surface area contributed by atoms with Crippen LogP contribution in [0.2, 0.25) is 0 Å². The number of nitrogens with one attached hydrogen (secondary N) is 1. The molecule has 0 aliphatic heterocycles. The second-order valence-corrected chi connectivity index (χ2v) is 5.71. The standard InChI is InChI=1S/C17H27NO2/c1-5-17(6-2,12-18-14-8-9-14)13-7-10-15(19-3)16(11-13)20-4/h7,10-11,14,18H,5-6,8-9,12H2,1-4H3. The van der Waals surface area contributed by atoms with Crippen molar-refractivity contribution in [2.45, 2.75) is 51.0 Å². The molecule has 0 heterocycles. The summed E-state index contributed by atoms with van der Waals surface area (Å²) in [6.07, 6.45) is 4.91. The predicted molar refractivity (Wildman–Crippen MR) is 82.8 cm³/mol. The molecule has 1 N–H and O–H groups in total. The quantitative estimate of drug-likeness (QED) is 0.788. The number of hydrogen-bond donors (Lipinski definition) is 1. The van der Waals surface area contributed by atoms with E-state index < -0.39 is 0 Å². The Balaban J connectivity index is 2.26. The van der Waals surface area contributed by atoms with Crippen molar-refractivity contribution < 1.29 is 9.47 Å².